The van der Waals surface area contributed by atoms with E-state index in [1.165, 1.54) is 16.2 Å². The van der Waals surface area contributed by atoms with Crippen LogP contribution in [0.5, 0.6) is 0 Å². The molecule has 22 heavy (non-hydrogen) atoms. The third kappa shape index (κ3) is 2.60. The van der Waals surface area contributed by atoms with Crippen molar-refractivity contribution in [3.8, 4) is 0 Å². The number of nitrogens with zero attached hydrogens (tertiary/aromatic N) is 1. The van der Waals surface area contributed by atoms with Crippen molar-refractivity contribution in [2.24, 2.45) is 0 Å². The fraction of sp³-hybridized carbons (Fsp3) is 0.125. The van der Waals surface area contributed by atoms with Gasteiger partial charge in [-0.1, -0.05) is 28.1 Å². The van der Waals surface area contributed by atoms with Gasteiger partial charge in [-0.05, 0) is 36.6 Å². The van der Waals surface area contributed by atoms with Gasteiger partial charge in [0, 0.05) is 21.6 Å². The van der Waals surface area contributed by atoms with E-state index in [0.29, 0.717) is 17.8 Å². The molecule has 1 aliphatic rings. The summed E-state index contributed by atoms with van der Waals surface area (Å²) in [5.74, 6) is -0.525. The lowest BCUT2D eigenvalue weighted by atomic mass is 10.2. The predicted molar refractivity (Wildman–Crippen MR) is 91.4 cm³/mol. The van der Waals surface area contributed by atoms with Crippen LogP contribution < -0.4 is 5.32 Å². The molecule has 1 N–H and O–H groups in total. The predicted octanol–water partition coefficient (Wildman–Crippen LogP) is 3.72. The summed E-state index contributed by atoms with van der Waals surface area (Å²) >= 11 is 4.85. The van der Waals surface area contributed by atoms with E-state index in [9.17, 15) is 9.59 Å². The van der Waals surface area contributed by atoms with Gasteiger partial charge in [0.15, 0.2) is 0 Å². The van der Waals surface area contributed by atoms with Crippen LogP contribution in [0.25, 0.3) is 5.57 Å². The molecule has 4 nitrogen and oxygen atoms in total. The Kier molecular flexibility index (Phi) is 4.13. The molecule has 2 amide bonds. The monoisotopic (exact) mass is 376 g/mol. The summed E-state index contributed by atoms with van der Waals surface area (Å²) in [6.45, 7) is 2.15. The molecule has 0 fully saturated rings. The maximum absolute atomic E-state index is 12.5. The van der Waals surface area contributed by atoms with E-state index in [1.807, 2.05) is 41.8 Å². The zero-order chi connectivity index (χ0) is 15.7. The van der Waals surface area contributed by atoms with Gasteiger partial charge in [0.1, 0.15) is 5.70 Å². The molecule has 0 unspecified atom stereocenters. The highest BCUT2D eigenvalue weighted by Crippen LogP contribution is 2.32. The van der Waals surface area contributed by atoms with Crippen LogP contribution in [0.1, 0.15) is 11.8 Å². The normalized spacial score (nSPS) is 14.9. The lowest BCUT2D eigenvalue weighted by molar-refractivity contribution is -0.136. The van der Waals surface area contributed by atoms with E-state index in [4.69, 9.17) is 0 Å². The average molecular weight is 377 g/mol. The number of amides is 2. The van der Waals surface area contributed by atoms with Crippen molar-refractivity contribution in [2.75, 3.05) is 11.9 Å². The Labute approximate surface area is 140 Å². The van der Waals surface area contributed by atoms with Crippen molar-refractivity contribution in [3.63, 3.8) is 0 Å². The second-order valence-corrected chi connectivity index (χ2v) is 6.58. The molecule has 1 aliphatic heterocycles. The summed E-state index contributed by atoms with van der Waals surface area (Å²) in [5, 5.41) is 5.00. The molecule has 1 aromatic carbocycles. The zero-order valence-corrected chi connectivity index (χ0v) is 14.2. The Hall–Kier alpha value is -1.92. The molecular formula is C16H13BrN2O2S. The minimum atomic E-state index is -0.282. The third-order valence-corrected chi connectivity index (χ3v) is 4.73. The molecule has 0 aliphatic carbocycles. The first-order valence-electron chi connectivity index (χ1n) is 6.78. The van der Waals surface area contributed by atoms with Crippen LogP contribution in [-0.2, 0) is 9.59 Å². The summed E-state index contributed by atoms with van der Waals surface area (Å²) in [6.07, 6.45) is 0. The van der Waals surface area contributed by atoms with Crippen LogP contribution in [0.15, 0.2) is 51.9 Å². The number of thiophene rings is 1. The molecule has 1 aromatic heterocycles. The molecule has 2 aromatic rings. The number of carbonyl (C=O) groups excluding carboxylic acids is 2. The highest BCUT2D eigenvalue weighted by atomic mass is 79.9. The fourth-order valence-corrected chi connectivity index (χ4v) is 3.51. The van der Waals surface area contributed by atoms with E-state index in [1.54, 1.807) is 6.92 Å². The van der Waals surface area contributed by atoms with Crippen LogP contribution in [0.4, 0.5) is 5.69 Å². The lowest BCUT2D eigenvalue weighted by Crippen LogP contribution is -2.32. The van der Waals surface area contributed by atoms with Gasteiger partial charge in [-0.25, -0.2) is 0 Å². The van der Waals surface area contributed by atoms with Gasteiger partial charge in [-0.15, -0.1) is 11.3 Å². The summed E-state index contributed by atoms with van der Waals surface area (Å²) in [4.78, 5) is 27.1. The number of hydrogen-bond donors (Lipinski definition) is 1. The molecule has 0 atom stereocenters. The van der Waals surface area contributed by atoms with Crippen molar-refractivity contribution in [1.29, 1.82) is 0 Å². The van der Waals surface area contributed by atoms with Crippen molar-refractivity contribution in [3.05, 3.63) is 56.8 Å². The van der Waals surface area contributed by atoms with Gasteiger partial charge in [0.25, 0.3) is 11.8 Å². The second-order valence-electron chi connectivity index (χ2n) is 4.72. The number of halogens is 1. The summed E-state index contributed by atoms with van der Waals surface area (Å²) in [6, 6.07) is 11.2. The Bertz CT molecular complexity index is 768. The van der Waals surface area contributed by atoms with Gasteiger partial charge >= 0.3 is 0 Å². The highest BCUT2D eigenvalue weighted by Gasteiger charge is 2.38. The lowest BCUT2D eigenvalue weighted by Gasteiger charge is -2.12. The van der Waals surface area contributed by atoms with E-state index in [-0.39, 0.29) is 11.8 Å². The van der Waals surface area contributed by atoms with Crippen LogP contribution in [0, 0.1) is 0 Å². The molecule has 0 bridgehead atoms. The number of rotatable bonds is 4. The molecule has 0 radical (unpaired) electrons. The molecule has 112 valence electrons. The number of hydrogen-bond acceptors (Lipinski definition) is 4. The number of anilines is 1. The van der Waals surface area contributed by atoms with Gasteiger partial charge in [-0.2, -0.15) is 0 Å². The summed E-state index contributed by atoms with van der Waals surface area (Å²) in [5.41, 5.74) is 1.55. The van der Waals surface area contributed by atoms with Crippen molar-refractivity contribution < 1.29 is 9.59 Å². The van der Waals surface area contributed by atoms with Crippen molar-refractivity contribution in [2.45, 2.75) is 6.92 Å². The Morgan fingerprint density at radius 3 is 2.64 bits per heavy atom. The highest BCUT2D eigenvalue weighted by molar-refractivity contribution is 9.10. The average Bonchev–Trinajstić information content (AvgIpc) is 3.07. The number of likely N-dealkylation sites (N-methyl/N-ethyl adjacent to an activating group) is 1. The van der Waals surface area contributed by atoms with Gasteiger partial charge in [-0.3, -0.25) is 14.5 Å². The third-order valence-electron chi connectivity index (χ3n) is 3.35. The standard InChI is InChI=1S/C16H13BrN2O2S/c1-2-19-15(20)13(12-7-4-8-22-12)14(16(19)21)18-11-6-3-5-10(17)9-11/h3-9,18H,2H2,1H3. The maximum Gasteiger partial charge on any atom is 0.278 e. The van der Waals surface area contributed by atoms with Crippen LogP contribution in [0.3, 0.4) is 0 Å². The Morgan fingerprint density at radius 2 is 2.00 bits per heavy atom. The minimum absolute atomic E-state index is 0.243. The SMILES string of the molecule is CCN1C(=O)C(Nc2cccc(Br)c2)=C(c2cccs2)C1=O. The first-order chi connectivity index (χ1) is 10.6. The van der Waals surface area contributed by atoms with E-state index >= 15 is 0 Å². The van der Waals surface area contributed by atoms with Crippen molar-refractivity contribution >= 4 is 50.3 Å². The quantitative estimate of drug-likeness (QED) is 0.827. The molecular weight excluding hydrogens is 364 g/mol. The first-order valence-corrected chi connectivity index (χ1v) is 8.46. The van der Waals surface area contributed by atoms with Gasteiger partial charge in [0.2, 0.25) is 0 Å². The molecule has 3 rings (SSSR count). The smallest absolute Gasteiger partial charge is 0.278 e. The number of nitrogens with one attached hydrogen (secondary N) is 1. The molecule has 0 saturated heterocycles. The van der Waals surface area contributed by atoms with Gasteiger partial charge in [0.05, 0.1) is 5.57 Å². The first kappa shape index (κ1) is 15.0. The molecule has 0 spiro atoms. The van der Waals surface area contributed by atoms with Crippen molar-refractivity contribution in [1.82, 2.24) is 4.90 Å². The van der Waals surface area contributed by atoms with Crippen LogP contribution >= 0.6 is 27.3 Å². The minimum Gasteiger partial charge on any atom is -0.350 e. The van der Waals surface area contributed by atoms with E-state index in [2.05, 4.69) is 21.2 Å². The van der Waals surface area contributed by atoms with Gasteiger partial charge < -0.3 is 5.32 Å². The molecule has 2 heterocycles. The summed E-state index contributed by atoms with van der Waals surface area (Å²) in [7, 11) is 0. The number of carbonyl (C=O) groups is 2. The Balaban J connectivity index is 2.06. The maximum atomic E-state index is 12.5. The molecule has 6 heteroatoms. The number of imide groups is 1. The molecule has 0 saturated carbocycles. The van der Waals surface area contributed by atoms with E-state index < -0.39 is 0 Å². The van der Waals surface area contributed by atoms with Crippen LogP contribution in [-0.4, -0.2) is 23.3 Å². The van der Waals surface area contributed by atoms with Crippen LogP contribution in [0.2, 0.25) is 0 Å². The largest absolute Gasteiger partial charge is 0.350 e. The fourth-order valence-electron chi connectivity index (χ4n) is 2.34. The second kappa shape index (κ2) is 6.06. The Morgan fingerprint density at radius 1 is 1.18 bits per heavy atom. The summed E-state index contributed by atoms with van der Waals surface area (Å²) < 4.78 is 0.903. The number of benzene rings is 1. The zero-order valence-electron chi connectivity index (χ0n) is 11.8. The van der Waals surface area contributed by atoms with E-state index in [0.717, 1.165) is 15.0 Å². The topological polar surface area (TPSA) is 49.4 Å².